The second kappa shape index (κ2) is 7.77. The molecule has 0 aromatic rings. The number of piperazine rings is 1. The van der Waals surface area contributed by atoms with E-state index in [2.05, 4.69) is 30.6 Å². The van der Waals surface area contributed by atoms with Crippen LogP contribution in [0.1, 0.15) is 52.9 Å². The van der Waals surface area contributed by atoms with Gasteiger partial charge in [-0.15, -0.1) is 0 Å². The van der Waals surface area contributed by atoms with Gasteiger partial charge < -0.3 is 10.6 Å². The van der Waals surface area contributed by atoms with Crippen LogP contribution in [0.2, 0.25) is 0 Å². The highest BCUT2D eigenvalue weighted by molar-refractivity contribution is 4.87. The first-order valence-corrected chi connectivity index (χ1v) is 8.86. The van der Waals surface area contributed by atoms with Gasteiger partial charge in [-0.1, -0.05) is 26.7 Å². The summed E-state index contributed by atoms with van der Waals surface area (Å²) in [6.45, 7) is 13.1. The molecule has 4 atom stereocenters. The number of likely N-dealkylation sites (N-methyl/N-ethyl adjacent to an activating group) is 1. The van der Waals surface area contributed by atoms with E-state index in [4.69, 9.17) is 5.73 Å². The Morgan fingerprint density at radius 1 is 1.15 bits per heavy atom. The molecule has 2 fully saturated rings. The molecule has 4 unspecified atom stereocenters. The molecule has 0 amide bonds. The van der Waals surface area contributed by atoms with Crippen LogP contribution in [-0.2, 0) is 0 Å². The van der Waals surface area contributed by atoms with E-state index in [1.165, 1.54) is 64.8 Å². The van der Waals surface area contributed by atoms with E-state index in [0.29, 0.717) is 12.1 Å². The van der Waals surface area contributed by atoms with Gasteiger partial charge in [0, 0.05) is 38.3 Å². The summed E-state index contributed by atoms with van der Waals surface area (Å²) in [4.78, 5) is 5.27. The first-order chi connectivity index (χ1) is 9.63. The monoisotopic (exact) mass is 281 g/mol. The van der Waals surface area contributed by atoms with Gasteiger partial charge >= 0.3 is 0 Å². The van der Waals surface area contributed by atoms with Crippen molar-refractivity contribution in [2.24, 2.45) is 17.6 Å². The molecular formula is C17H35N3. The molecule has 0 radical (unpaired) electrons. The third-order valence-corrected chi connectivity index (χ3v) is 5.59. The molecule has 0 bridgehead atoms. The number of hydrogen-bond donors (Lipinski definition) is 1. The molecule has 0 aromatic heterocycles. The van der Waals surface area contributed by atoms with Crippen LogP contribution in [0.3, 0.4) is 0 Å². The van der Waals surface area contributed by atoms with E-state index in [1.54, 1.807) is 0 Å². The van der Waals surface area contributed by atoms with Crippen LogP contribution in [0.4, 0.5) is 0 Å². The van der Waals surface area contributed by atoms with Crippen molar-refractivity contribution in [1.82, 2.24) is 9.80 Å². The van der Waals surface area contributed by atoms with Crippen LogP contribution in [-0.4, -0.2) is 54.6 Å². The average Bonchev–Trinajstić information content (AvgIpc) is 2.43. The van der Waals surface area contributed by atoms with Gasteiger partial charge in [0.05, 0.1) is 0 Å². The van der Waals surface area contributed by atoms with Crippen molar-refractivity contribution in [3.05, 3.63) is 0 Å². The van der Waals surface area contributed by atoms with Gasteiger partial charge in [0.1, 0.15) is 0 Å². The zero-order valence-corrected chi connectivity index (χ0v) is 13.9. The summed E-state index contributed by atoms with van der Waals surface area (Å²) in [5, 5.41) is 0. The highest BCUT2D eigenvalue weighted by Crippen LogP contribution is 2.32. The smallest absolute Gasteiger partial charge is 0.0195 e. The van der Waals surface area contributed by atoms with E-state index in [1.807, 2.05) is 0 Å². The molecular weight excluding hydrogens is 246 g/mol. The molecule has 1 saturated carbocycles. The standard InChI is InChI=1S/C17H35N3/c1-4-6-15-7-8-17(18)16(11-15)13-19-9-10-20(5-2)14(3)12-19/h14-17H,4-13,18H2,1-3H3. The van der Waals surface area contributed by atoms with Crippen LogP contribution in [0.5, 0.6) is 0 Å². The van der Waals surface area contributed by atoms with Gasteiger partial charge in [-0.2, -0.15) is 0 Å². The lowest BCUT2D eigenvalue weighted by Gasteiger charge is -2.43. The minimum absolute atomic E-state index is 0.447. The largest absolute Gasteiger partial charge is 0.327 e. The van der Waals surface area contributed by atoms with Crippen molar-refractivity contribution < 1.29 is 0 Å². The minimum atomic E-state index is 0.447. The Morgan fingerprint density at radius 3 is 2.60 bits per heavy atom. The van der Waals surface area contributed by atoms with E-state index in [-0.39, 0.29) is 0 Å². The zero-order valence-electron chi connectivity index (χ0n) is 13.9. The van der Waals surface area contributed by atoms with Crippen LogP contribution >= 0.6 is 0 Å². The Hall–Kier alpha value is -0.120. The van der Waals surface area contributed by atoms with Gasteiger partial charge in [0.15, 0.2) is 0 Å². The molecule has 1 aliphatic heterocycles. The summed E-state index contributed by atoms with van der Waals surface area (Å²) in [5.74, 6) is 1.68. The summed E-state index contributed by atoms with van der Waals surface area (Å²) < 4.78 is 0. The molecule has 2 aliphatic rings. The van der Waals surface area contributed by atoms with E-state index in [9.17, 15) is 0 Å². The van der Waals surface area contributed by atoms with Crippen molar-refractivity contribution in [1.29, 1.82) is 0 Å². The van der Waals surface area contributed by atoms with Crippen LogP contribution in [0.25, 0.3) is 0 Å². The maximum Gasteiger partial charge on any atom is 0.0195 e. The Kier molecular flexibility index (Phi) is 6.31. The first kappa shape index (κ1) is 16.3. The van der Waals surface area contributed by atoms with E-state index in [0.717, 1.165) is 11.8 Å². The Morgan fingerprint density at radius 2 is 1.95 bits per heavy atom. The second-order valence-corrected chi connectivity index (χ2v) is 7.13. The normalized spacial score (nSPS) is 37.2. The van der Waals surface area contributed by atoms with Gasteiger partial charge in [0.2, 0.25) is 0 Å². The zero-order chi connectivity index (χ0) is 14.5. The third-order valence-electron chi connectivity index (χ3n) is 5.59. The minimum Gasteiger partial charge on any atom is -0.327 e. The Bertz CT molecular complexity index is 281. The van der Waals surface area contributed by atoms with Gasteiger partial charge in [0.25, 0.3) is 0 Å². The summed E-state index contributed by atoms with van der Waals surface area (Å²) in [5.41, 5.74) is 6.41. The van der Waals surface area contributed by atoms with Crippen molar-refractivity contribution in [3.63, 3.8) is 0 Å². The first-order valence-electron chi connectivity index (χ1n) is 8.86. The molecule has 3 nitrogen and oxygen atoms in total. The molecule has 20 heavy (non-hydrogen) atoms. The average molecular weight is 281 g/mol. The molecule has 118 valence electrons. The third kappa shape index (κ3) is 4.19. The maximum atomic E-state index is 6.41. The lowest BCUT2D eigenvalue weighted by molar-refractivity contribution is 0.0629. The van der Waals surface area contributed by atoms with E-state index < -0.39 is 0 Å². The second-order valence-electron chi connectivity index (χ2n) is 7.13. The molecule has 1 aliphatic carbocycles. The van der Waals surface area contributed by atoms with E-state index >= 15 is 0 Å². The topological polar surface area (TPSA) is 32.5 Å². The maximum absolute atomic E-state index is 6.41. The fourth-order valence-corrected chi connectivity index (χ4v) is 4.30. The summed E-state index contributed by atoms with van der Waals surface area (Å²) >= 11 is 0. The molecule has 2 rings (SSSR count). The van der Waals surface area contributed by atoms with Crippen molar-refractivity contribution in [2.75, 3.05) is 32.7 Å². The van der Waals surface area contributed by atoms with Crippen LogP contribution in [0.15, 0.2) is 0 Å². The molecule has 2 N–H and O–H groups in total. The predicted molar refractivity (Wildman–Crippen MR) is 86.9 cm³/mol. The Balaban J connectivity index is 1.82. The fraction of sp³-hybridized carbons (Fsp3) is 1.00. The van der Waals surface area contributed by atoms with Gasteiger partial charge in [-0.05, 0) is 44.6 Å². The van der Waals surface area contributed by atoms with Gasteiger partial charge in [-0.25, -0.2) is 0 Å². The summed E-state index contributed by atoms with van der Waals surface area (Å²) in [7, 11) is 0. The molecule has 0 spiro atoms. The number of hydrogen-bond acceptors (Lipinski definition) is 3. The van der Waals surface area contributed by atoms with Crippen LogP contribution < -0.4 is 5.73 Å². The molecule has 1 heterocycles. The van der Waals surface area contributed by atoms with Crippen molar-refractivity contribution in [2.45, 2.75) is 65.0 Å². The molecule has 3 heteroatoms. The quantitative estimate of drug-likeness (QED) is 0.840. The molecule has 1 saturated heterocycles. The highest BCUT2D eigenvalue weighted by atomic mass is 15.3. The lowest BCUT2D eigenvalue weighted by Crippen LogP contribution is -2.54. The summed E-state index contributed by atoms with van der Waals surface area (Å²) in [6, 6.07) is 1.16. The SMILES string of the molecule is CCCC1CCC(N)C(CN2CCN(CC)C(C)C2)C1. The highest BCUT2D eigenvalue weighted by Gasteiger charge is 2.31. The van der Waals surface area contributed by atoms with Crippen molar-refractivity contribution in [3.8, 4) is 0 Å². The number of rotatable bonds is 5. The van der Waals surface area contributed by atoms with Gasteiger partial charge in [-0.3, -0.25) is 4.90 Å². The fourth-order valence-electron chi connectivity index (χ4n) is 4.30. The van der Waals surface area contributed by atoms with Crippen LogP contribution in [0, 0.1) is 11.8 Å². The predicted octanol–water partition coefficient (Wildman–Crippen LogP) is 2.56. The summed E-state index contributed by atoms with van der Waals surface area (Å²) in [6.07, 6.45) is 6.73. The lowest BCUT2D eigenvalue weighted by atomic mass is 9.76. The van der Waals surface area contributed by atoms with Crippen molar-refractivity contribution >= 4 is 0 Å². The Labute approximate surface area is 125 Å². The number of nitrogens with two attached hydrogens (primary N) is 1. The number of nitrogens with zero attached hydrogens (tertiary/aromatic N) is 2. The molecule has 0 aromatic carbocycles.